The summed E-state index contributed by atoms with van der Waals surface area (Å²) in [6.45, 7) is 4.83. The minimum atomic E-state index is -0.697. The Kier molecular flexibility index (Phi) is 12.2. The molecule has 1 aliphatic heterocycles. The molecule has 5 heteroatoms. The highest BCUT2D eigenvalue weighted by atomic mass is 16.4. The molecule has 2 N–H and O–H groups in total. The highest BCUT2D eigenvalue weighted by Gasteiger charge is 2.32. The molecule has 1 heterocycles. The van der Waals surface area contributed by atoms with Gasteiger partial charge in [0.05, 0.1) is 0 Å². The SMILES string of the molecule is CC(NCC1CCN(C(=O)CCCCCCCCCCC(=O)O)CC1c1ccccc1)c1cccc2ccccc12. The normalized spacial score (nSPS) is 17.9. The van der Waals surface area contributed by atoms with Crippen molar-refractivity contribution in [3.05, 3.63) is 83.9 Å². The summed E-state index contributed by atoms with van der Waals surface area (Å²) in [6, 6.07) is 26.2. The number of benzene rings is 3. The largest absolute Gasteiger partial charge is 0.481 e. The molecular weight excluding hydrogens is 508 g/mol. The number of carbonyl (C=O) groups is 2. The van der Waals surface area contributed by atoms with Crippen molar-refractivity contribution < 1.29 is 14.7 Å². The van der Waals surface area contributed by atoms with Crippen LogP contribution in [0.4, 0.5) is 0 Å². The van der Waals surface area contributed by atoms with Crippen LogP contribution in [0, 0.1) is 5.92 Å². The van der Waals surface area contributed by atoms with Gasteiger partial charge in [-0.05, 0) is 60.5 Å². The number of hydrogen-bond donors (Lipinski definition) is 2. The van der Waals surface area contributed by atoms with Gasteiger partial charge in [-0.25, -0.2) is 0 Å². The summed E-state index contributed by atoms with van der Waals surface area (Å²) in [5.41, 5.74) is 2.67. The van der Waals surface area contributed by atoms with Crippen molar-refractivity contribution in [1.82, 2.24) is 10.2 Å². The van der Waals surface area contributed by atoms with Crippen molar-refractivity contribution in [3.63, 3.8) is 0 Å². The van der Waals surface area contributed by atoms with Crippen LogP contribution in [0.5, 0.6) is 0 Å². The maximum Gasteiger partial charge on any atom is 0.303 e. The molecule has 3 unspecified atom stereocenters. The van der Waals surface area contributed by atoms with Gasteiger partial charge >= 0.3 is 5.97 Å². The van der Waals surface area contributed by atoms with Crippen molar-refractivity contribution in [3.8, 4) is 0 Å². The van der Waals surface area contributed by atoms with Crippen molar-refractivity contribution in [2.75, 3.05) is 19.6 Å². The summed E-state index contributed by atoms with van der Waals surface area (Å²) in [5, 5.41) is 15.2. The maximum atomic E-state index is 13.2. The predicted molar refractivity (Wildman–Crippen MR) is 168 cm³/mol. The number of aliphatic carboxylic acids is 1. The number of nitrogens with zero attached hydrogens (tertiary/aromatic N) is 1. The molecule has 1 amide bonds. The van der Waals surface area contributed by atoms with E-state index in [1.54, 1.807) is 0 Å². The summed E-state index contributed by atoms with van der Waals surface area (Å²) in [7, 11) is 0. The van der Waals surface area contributed by atoms with E-state index in [1.807, 2.05) is 0 Å². The van der Waals surface area contributed by atoms with Crippen LogP contribution >= 0.6 is 0 Å². The van der Waals surface area contributed by atoms with E-state index < -0.39 is 5.97 Å². The fourth-order valence-corrected chi connectivity index (χ4v) is 6.39. The molecule has 41 heavy (non-hydrogen) atoms. The van der Waals surface area contributed by atoms with Gasteiger partial charge in [-0.3, -0.25) is 9.59 Å². The average molecular weight is 557 g/mol. The van der Waals surface area contributed by atoms with Crippen LogP contribution in [0.1, 0.15) is 101 Å². The fraction of sp³-hybridized carbons (Fsp3) is 0.500. The second-order valence-electron chi connectivity index (χ2n) is 11.8. The van der Waals surface area contributed by atoms with Gasteiger partial charge in [-0.2, -0.15) is 0 Å². The molecule has 0 bridgehead atoms. The van der Waals surface area contributed by atoms with Gasteiger partial charge in [-0.1, -0.05) is 111 Å². The maximum absolute atomic E-state index is 13.2. The Morgan fingerprint density at radius 3 is 2.20 bits per heavy atom. The molecule has 1 saturated heterocycles. The molecule has 3 aromatic rings. The summed E-state index contributed by atoms with van der Waals surface area (Å²) < 4.78 is 0. The monoisotopic (exact) mass is 556 g/mol. The standard InChI is InChI=1S/C36H48N2O3/c1-28(32-21-15-19-29-18-13-14-20-33(29)32)37-26-31-24-25-38(27-34(31)30-16-9-8-10-17-30)35(39)22-11-6-4-2-3-5-7-12-23-36(40)41/h8-10,13-21,28,31,34,37H,2-7,11-12,22-27H2,1H3,(H,40,41). The Labute approximate surface area is 246 Å². The Morgan fingerprint density at radius 2 is 1.46 bits per heavy atom. The van der Waals surface area contributed by atoms with Crippen molar-refractivity contribution >= 4 is 22.6 Å². The molecule has 0 aromatic heterocycles. The first-order valence-electron chi connectivity index (χ1n) is 15.8. The van der Waals surface area contributed by atoms with Crippen LogP contribution in [0.25, 0.3) is 10.8 Å². The van der Waals surface area contributed by atoms with E-state index in [2.05, 4.69) is 89.9 Å². The Balaban J connectivity index is 1.24. The molecule has 1 aliphatic rings. The molecular formula is C36H48N2O3. The molecule has 5 nitrogen and oxygen atoms in total. The van der Waals surface area contributed by atoms with Crippen LogP contribution < -0.4 is 5.32 Å². The summed E-state index contributed by atoms with van der Waals surface area (Å²) in [6.07, 6.45) is 10.4. The van der Waals surface area contributed by atoms with E-state index in [4.69, 9.17) is 5.11 Å². The summed E-state index contributed by atoms with van der Waals surface area (Å²) in [4.78, 5) is 25.9. The molecule has 0 radical (unpaired) electrons. The number of carboxylic acid groups (broad SMARTS) is 1. The van der Waals surface area contributed by atoms with E-state index >= 15 is 0 Å². The second kappa shape index (κ2) is 16.3. The van der Waals surface area contributed by atoms with E-state index in [0.29, 0.717) is 24.2 Å². The number of likely N-dealkylation sites (tertiary alicyclic amines) is 1. The summed E-state index contributed by atoms with van der Waals surface area (Å²) >= 11 is 0. The molecule has 0 spiro atoms. The molecule has 4 rings (SSSR count). The smallest absolute Gasteiger partial charge is 0.303 e. The summed E-state index contributed by atoms with van der Waals surface area (Å²) in [5.74, 6) is 0.420. The molecule has 3 aromatic carbocycles. The predicted octanol–water partition coefficient (Wildman–Crippen LogP) is 8.11. The molecule has 0 saturated carbocycles. The number of carboxylic acids is 1. The zero-order valence-corrected chi connectivity index (χ0v) is 24.8. The Bertz CT molecular complexity index is 1220. The van der Waals surface area contributed by atoms with Crippen LogP contribution in [0.15, 0.2) is 72.8 Å². The van der Waals surface area contributed by atoms with Gasteiger partial charge in [0.25, 0.3) is 0 Å². The van der Waals surface area contributed by atoms with Gasteiger partial charge < -0.3 is 15.3 Å². The average Bonchev–Trinajstić information content (AvgIpc) is 3.00. The quantitative estimate of drug-likeness (QED) is 0.175. The number of carbonyl (C=O) groups excluding carboxylic acids is 1. The number of fused-ring (bicyclic) bond motifs is 1. The Morgan fingerprint density at radius 1 is 0.829 bits per heavy atom. The minimum absolute atomic E-state index is 0.252. The van der Waals surface area contributed by atoms with E-state index in [9.17, 15) is 9.59 Å². The zero-order valence-electron chi connectivity index (χ0n) is 24.8. The Hall–Kier alpha value is -3.18. The van der Waals surface area contributed by atoms with Gasteiger partial charge in [0.15, 0.2) is 0 Å². The van der Waals surface area contributed by atoms with E-state index in [0.717, 1.165) is 71.0 Å². The van der Waals surface area contributed by atoms with Crippen molar-refractivity contribution in [2.24, 2.45) is 5.92 Å². The van der Waals surface area contributed by atoms with E-state index in [1.165, 1.54) is 28.3 Å². The molecule has 0 aliphatic carbocycles. The fourth-order valence-electron chi connectivity index (χ4n) is 6.39. The molecule has 220 valence electrons. The third-order valence-electron chi connectivity index (χ3n) is 8.84. The van der Waals surface area contributed by atoms with E-state index in [-0.39, 0.29) is 12.5 Å². The lowest BCUT2D eigenvalue weighted by atomic mass is 9.80. The van der Waals surface area contributed by atoms with Crippen LogP contribution in [0.3, 0.4) is 0 Å². The van der Waals surface area contributed by atoms with Crippen molar-refractivity contribution in [1.29, 1.82) is 0 Å². The lowest BCUT2D eigenvalue weighted by Gasteiger charge is -2.39. The van der Waals surface area contributed by atoms with Gasteiger partial charge in [0.2, 0.25) is 5.91 Å². The number of unbranched alkanes of at least 4 members (excludes halogenated alkanes) is 7. The van der Waals surface area contributed by atoms with Gasteiger partial charge in [0.1, 0.15) is 0 Å². The molecule has 3 atom stereocenters. The van der Waals surface area contributed by atoms with Crippen molar-refractivity contribution in [2.45, 2.75) is 89.5 Å². The first-order valence-corrected chi connectivity index (χ1v) is 15.8. The number of hydrogen-bond acceptors (Lipinski definition) is 3. The third kappa shape index (κ3) is 9.43. The van der Waals surface area contributed by atoms with Gasteiger partial charge in [0, 0.05) is 37.9 Å². The highest BCUT2D eigenvalue weighted by molar-refractivity contribution is 5.86. The lowest BCUT2D eigenvalue weighted by Crippen LogP contribution is -2.45. The highest BCUT2D eigenvalue weighted by Crippen LogP contribution is 2.33. The number of piperidine rings is 1. The topological polar surface area (TPSA) is 69.6 Å². The first-order chi connectivity index (χ1) is 20.0. The number of nitrogens with one attached hydrogen (secondary N) is 1. The minimum Gasteiger partial charge on any atom is -0.481 e. The van der Waals surface area contributed by atoms with Crippen LogP contribution in [-0.4, -0.2) is 41.5 Å². The second-order valence-corrected chi connectivity index (χ2v) is 11.8. The third-order valence-corrected chi connectivity index (χ3v) is 8.84. The van der Waals surface area contributed by atoms with Gasteiger partial charge in [-0.15, -0.1) is 0 Å². The van der Waals surface area contributed by atoms with Crippen LogP contribution in [0.2, 0.25) is 0 Å². The first kappa shape index (κ1) is 30.8. The zero-order chi connectivity index (χ0) is 28.9. The lowest BCUT2D eigenvalue weighted by molar-refractivity contribution is -0.137. The van der Waals surface area contributed by atoms with Crippen LogP contribution in [-0.2, 0) is 9.59 Å². The number of amides is 1. The molecule has 1 fully saturated rings. The number of rotatable bonds is 16.